The van der Waals surface area contributed by atoms with E-state index in [0.717, 1.165) is 0 Å². The molecule has 0 aliphatic rings. The summed E-state index contributed by atoms with van der Waals surface area (Å²) in [5.41, 5.74) is 0. The van der Waals surface area contributed by atoms with Crippen molar-refractivity contribution < 1.29 is 32.1 Å². The first-order chi connectivity index (χ1) is 2.00. The normalized spacial score (nSPS) is 1.75. The molecule has 0 aromatic rings. The van der Waals surface area contributed by atoms with E-state index in [1.807, 2.05) is 0 Å². The van der Waals surface area contributed by atoms with Crippen molar-refractivity contribution in [3.05, 3.63) is 0 Å². The number of hydrogen-bond acceptors (Lipinski definition) is 2. The summed E-state index contributed by atoms with van der Waals surface area (Å²) in [4.78, 5) is 0. The molecule has 1 radical (unpaired) electrons. The van der Waals surface area contributed by atoms with Crippen molar-refractivity contribution in [1.29, 1.82) is 0 Å². The average molecular weight is 154 g/mol. The van der Waals surface area contributed by atoms with Crippen molar-refractivity contribution in [3.63, 3.8) is 0 Å². The molecule has 2 nitrogen and oxygen atoms in total. The molecule has 0 amide bonds. The summed E-state index contributed by atoms with van der Waals surface area (Å²) in [7, 11) is 2.28. The summed E-state index contributed by atoms with van der Waals surface area (Å²) in [5.74, 6) is 0. The molecule has 4 heteroatoms. The molecule has 0 aromatic carbocycles. The Balaban J connectivity index is 0. The van der Waals surface area contributed by atoms with Gasteiger partial charge < -0.3 is 0 Å². The molecular formula is O2PZr. The van der Waals surface area contributed by atoms with Crippen LogP contribution in [0.2, 0.25) is 0 Å². The maximum absolute atomic E-state index is 8.34. The van der Waals surface area contributed by atoms with Crippen LogP contribution in [0.15, 0.2) is 0 Å². The fourth-order valence-corrected chi connectivity index (χ4v) is 0. The molecule has 0 rings (SSSR count). The number of rotatable bonds is 0. The zero-order valence-corrected chi connectivity index (χ0v) is 5.12. The molecule has 0 saturated carbocycles. The third-order valence-corrected chi connectivity index (χ3v) is 0. The van der Waals surface area contributed by atoms with Gasteiger partial charge in [0.1, 0.15) is 0 Å². The fraction of sp³-hybridized carbons (Fsp3) is 0. The van der Waals surface area contributed by atoms with Gasteiger partial charge in [0, 0.05) is 0 Å². The molecule has 0 aromatic heterocycles. The van der Waals surface area contributed by atoms with Gasteiger partial charge >= 0.3 is 27.5 Å². The van der Waals surface area contributed by atoms with Gasteiger partial charge in [0.2, 0.25) is 0 Å². The Hall–Kier alpha value is 0.783. The molecule has 21 valence electrons. The molecule has 0 aliphatic heterocycles. The minimum absolute atomic E-state index is 0.300. The number of hydrogen-bond donors (Lipinski definition) is 0. The van der Waals surface area contributed by atoms with Crippen LogP contribution >= 0.6 is 9.12 Å². The summed E-state index contributed by atoms with van der Waals surface area (Å²) >= 11 is 0.300. The first kappa shape index (κ1) is 8.84. The Morgan fingerprint density at radius 2 is 1.25 bits per heavy atom. The van der Waals surface area contributed by atoms with Crippen LogP contribution in [0.25, 0.3) is 0 Å². The molecule has 0 heterocycles. The van der Waals surface area contributed by atoms with Crippen molar-refractivity contribution in [2.75, 3.05) is 0 Å². The minimum atomic E-state index is 0.300. The average Bonchev–Trinajstić information content (AvgIpc) is 1.50. The summed E-state index contributed by atoms with van der Waals surface area (Å²) < 4.78 is 16.3. The van der Waals surface area contributed by atoms with E-state index < -0.39 is 0 Å². The van der Waals surface area contributed by atoms with Gasteiger partial charge in [-0.1, -0.05) is 0 Å². The Labute approximate surface area is 41.5 Å². The van der Waals surface area contributed by atoms with E-state index >= 15 is 0 Å². The summed E-state index contributed by atoms with van der Waals surface area (Å²) in [6, 6.07) is 0. The van der Waals surface area contributed by atoms with Crippen LogP contribution in [0.1, 0.15) is 0 Å². The van der Waals surface area contributed by atoms with Crippen molar-refractivity contribution in [1.82, 2.24) is 0 Å². The fourth-order valence-electron chi connectivity index (χ4n) is 0. The Kier molecular flexibility index (Phi) is 106. The predicted octanol–water partition coefficient (Wildman–Crippen LogP) is 0.621. The summed E-state index contributed by atoms with van der Waals surface area (Å²) in [5, 5.41) is 0. The first-order valence-electron chi connectivity index (χ1n) is 0.387. The standard InChI is InChI=1S/OP.O.Zr/c1-2;;. The molecule has 0 saturated heterocycles. The van der Waals surface area contributed by atoms with Crippen LogP contribution < -0.4 is 0 Å². The van der Waals surface area contributed by atoms with Crippen molar-refractivity contribution in [2.45, 2.75) is 0 Å². The molecule has 0 unspecified atom stereocenters. The molecule has 0 atom stereocenters. The first-order valence-corrected chi connectivity index (χ1v) is 1.76. The second-order valence-corrected chi connectivity index (χ2v) is 0. The van der Waals surface area contributed by atoms with Crippen molar-refractivity contribution in [2.24, 2.45) is 0 Å². The van der Waals surface area contributed by atoms with Gasteiger partial charge in [0.25, 0.3) is 9.12 Å². The monoisotopic (exact) mass is 153 g/mol. The Morgan fingerprint density at radius 3 is 1.25 bits per heavy atom. The molecule has 0 spiro atoms. The van der Waals surface area contributed by atoms with Crippen LogP contribution in [0.5, 0.6) is 0 Å². The van der Waals surface area contributed by atoms with Crippen LogP contribution in [-0.4, -0.2) is 0 Å². The van der Waals surface area contributed by atoms with Gasteiger partial charge in [0.05, 0.1) is 0 Å². The van der Waals surface area contributed by atoms with Crippen molar-refractivity contribution in [3.8, 4) is 0 Å². The predicted molar refractivity (Wildman–Crippen MR) is 8.29 cm³/mol. The van der Waals surface area contributed by atoms with E-state index in [1.165, 1.54) is 0 Å². The zero-order chi connectivity index (χ0) is 4.00. The SMILES string of the molecule is O=[P].[O]=[Zr]. The third-order valence-electron chi connectivity index (χ3n) is 0. The van der Waals surface area contributed by atoms with Gasteiger partial charge in [-0.3, -0.25) is 4.57 Å². The summed E-state index contributed by atoms with van der Waals surface area (Å²) in [6.07, 6.45) is 0. The molecule has 4 heavy (non-hydrogen) atoms. The van der Waals surface area contributed by atoms with E-state index in [-0.39, 0.29) is 0 Å². The van der Waals surface area contributed by atoms with Crippen LogP contribution in [0, 0.1) is 0 Å². The van der Waals surface area contributed by atoms with E-state index in [4.69, 9.17) is 7.38 Å². The molecule has 0 N–H and O–H groups in total. The second kappa shape index (κ2) is 47.8. The van der Waals surface area contributed by atoms with Crippen molar-refractivity contribution >= 4 is 9.12 Å². The van der Waals surface area contributed by atoms with Gasteiger partial charge in [-0.15, -0.1) is 0 Å². The van der Waals surface area contributed by atoms with E-state index in [1.54, 1.807) is 0 Å². The third kappa shape index (κ3) is 14.4. The zero-order valence-electron chi connectivity index (χ0n) is 1.76. The van der Waals surface area contributed by atoms with Crippen LogP contribution in [-0.2, 0) is 32.1 Å². The molecule has 0 bridgehead atoms. The van der Waals surface area contributed by atoms with Gasteiger partial charge in [-0.2, -0.15) is 0 Å². The van der Waals surface area contributed by atoms with E-state index in [9.17, 15) is 0 Å². The van der Waals surface area contributed by atoms with Crippen LogP contribution in [0.4, 0.5) is 0 Å². The van der Waals surface area contributed by atoms with Gasteiger partial charge in [0.15, 0.2) is 0 Å². The van der Waals surface area contributed by atoms with E-state index in [0.29, 0.717) is 24.7 Å². The molecule has 0 aliphatic carbocycles. The Bertz CT molecular complexity index is 8.00. The quantitative estimate of drug-likeness (QED) is 0.479. The summed E-state index contributed by atoms with van der Waals surface area (Å²) in [6.45, 7) is 0. The van der Waals surface area contributed by atoms with Gasteiger partial charge in [-0.25, -0.2) is 0 Å². The molecule has 0 fully saturated rings. The maximum atomic E-state index is 8.34. The van der Waals surface area contributed by atoms with Gasteiger partial charge in [-0.05, 0) is 0 Å². The van der Waals surface area contributed by atoms with E-state index in [2.05, 4.69) is 9.12 Å². The topological polar surface area (TPSA) is 34.1 Å². The second-order valence-electron chi connectivity index (χ2n) is 0. The Morgan fingerprint density at radius 1 is 1.25 bits per heavy atom. The molecular weight excluding hydrogens is 154 g/mol. The van der Waals surface area contributed by atoms with Crippen LogP contribution in [0.3, 0.4) is 0 Å².